The first kappa shape index (κ1) is 20.0. The smallest absolute Gasteiger partial charge is 0.292 e. The zero-order valence-electron chi connectivity index (χ0n) is 18.2. The van der Waals surface area contributed by atoms with Crippen molar-refractivity contribution in [2.45, 2.75) is 63.2 Å². The fraction of sp³-hybridized carbons (Fsp3) is 0.481. The Morgan fingerprint density at radius 3 is 1.58 bits per heavy atom. The van der Waals surface area contributed by atoms with Crippen molar-refractivity contribution in [3.8, 4) is 24.0 Å². The minimum atomic E-state index is 0.163. The molecule has 4 aliphatic rings. The molecule has 4 bridgehead atoms. The molecule has 6 rings (SSSR count). The molecule has 4 fully saturated rings. The molecule has 2 aromatic rings. The third kappa shape index (κ3) is 3.09. The van der Waals surface area contributed by atoms with Crippen LogP contribution in [0.3, 0.4) is 0 Å². The molecule has 0 saturated heterocycles. The van der Waals surface area contributed by atoms with E-state index in [1.807, 2.05) is 24.3 Å². The van der Waals surface area contributed by atoms with Crippen LogP contribution in [-0.2, 0) is 10.8 Å². The molecule has 0 amide bonds. The van der Waals surface area contributed by atoms with Gasteiger partial charge in [-0.15, -0.1) is 10.5 Å². The van der Waals surface area contributed by atoms with Crippen LogP contribution < -0.4 is 9.47 Å². The molecule has 2 atom stereocenters. The molecule has 2 unspecified atom stereocenters. The number of nitriles is 2. The number of hydrogen-bond donors (Lipinski definition) is 0. The number of nitrogens with zero attached hydrogens (tertiary/aromatic N) is 2. The van der Waals surface area contributed by atoms with Gasteiger partial charge in [0.1, 0.15) is 11.5 Å². The number of benzene rings is 2. The Morgan fingerprint density at radius 2 is 1.19 bits per heavy atom. The Bertz CT molecular complexity index is 983. The molecule has 0 N–H and O–H groups in total. The number of rotatable bonds is 5. The normalized spacial score (nSPS) is 33.0. The van der Waals surface area contributed by atoms with E-state index in [2.05, 4.69) is 38.1 Å². The Balaban J connectivity index is 1.58. The number of hydrogen-bond acceptors (Lipinski definition) is 4. The van der Waals surface area contributed by atoms with Crippen LogP contribution in [0.5, 0.6) is 11.5 Å². The van der Waals surface area contributed by atoms with Crippen molar-refractivity contribution in [3.63, 3.8) is 0 Å². The topological polar surface area (TPSA) is 66.0 Å². The fourth-order valence-corrected chi connectivity index (χ4v) is 7.66. The lowest BCUT2D eigenvalue weighted by Crippen LogP contribution is -2.61. The SMILES string of the molecule is CC(C)C12CC3CC(c4ccc(OC#N)cc4)(CC(c4ccc(OC#N)cc4)(C3)C1)C2. The average molecular weight is 413 g/mol. The highest BCUT2D eigenvalue weighted by Crippen LogP contribution is 2.72. The summed E-state index contributed by atoms with van der Waals surface area (Å²) in [6.07, 6.45) is 11.0. The van der Waals surface area contributed by atoms with Gasteiger partial charge < -0.3 is 9.47 Å². The van der Waals surface area contributed by atoms with Gasteiger partial charge in [-0.25, -0.2) is 0 Å². The minimum absolute atomic E-state index is 0.163. The lowest BCUT2D eigenvalue weighted by atomic mass is 9.36. The average Bonchev–Trinajstić information content (AvgIpc) is 2.74. The Kier molecular flexibility index (Phi) is 4.52. The molecule has 4 aliphatic carbocycles. The molecule has 31 heavy (non-hydrogen) atoms. The zero-order valence-corrected chi connectivity index (χ0v) is 18.2. The van der Waals surface area contributed by atoms with E-state index >= 15 is 0 Å². The predicted octanol–water partition coefficient (Wildman–Crippen LogP) is 6.22. The maximum Gasteiger partial charge on any atom is 0.292 e. The minimum Gasteiger partial charge on any atom is -0.388 e. The van der Waals surface area contributed by atoms with Gasteiger partial charge in [0.25, 0.3) is 12.5 Å². The third-order valence-electron chi connectivity index (χ3n) is 8.60. The summed E-state index contributed by atoms with van der Waals surface area (Å²) < 4.78 is 10.1. The molecule has 4 heteroatoms. The van der Waals surface area contributed by atoms with Crippen molar-refractivity contribution >= 4 is 0 Å². The van der Waals surface area contributed by atoms with Crippen LogP contribution in [0, 0.1) is 40.3 Å². The lowest BCUT2D eigenvalue weighted by Gasteiger charge is -2.68. The quantitative estimate of drug-likeness (QED) is 0.547. The summed E-state index contributed by atoms with van der Waals surface area (Å²) in [4.78, 5) is 0. The molecule has 4 saturated carbocycles. The Labute approximate surface area is 184 Å². The van der Waals surface area contributed by atoms with Gasteiger partial charge in [-0.05, 0) is 102 Å². The fourth-order valence-electron chi connectivity index (χ4n) is 7.66. The van der Waals surface area contributed by atoms with E-state index in [9.17, 15) is 0 Å². The van der Waals surface area contributed by atoms with E-state index in [4.69, 9.17) is 20.0 Å². The predicted molar refractivity (Wildman–Crippen MR) is 117 cm³/mol. The summed E-state index contributed by atoms with van der Waals surface area (Å²) >= 11 is 0. The summed E-state index contributed by atoms with van der Waals surface area (Å²) in [7, 11) is 0. The molecule has 0 radical (unpaired) electrons. The van der Waals surface area contributed by atoms with E-state index in [0.717, 1.165) is 12.3 Å². The summed E-state index contributed by atoms with van der Waals surface area (Å²) in [5, 5.41) is 17.7. The van der Waals surface area contributed by atoms with Gasteiger partial charge >= 0.3 is 0 Å². The molecule has 0 heterocycles. The summed E-state index contributed by atoms with van der Waals surface area (Å²) in [6, 6.07) is 16.5. The third-order valence-corrected chi connectivity index (χ3v) is 8.60. The highest BCUT2D eigenvalue weighted by Gasteiger charge is 2.64. The molecule has 158 valence electrons. The Morgan fingerprint density at radius 1 is 0.742 bits per heavy atom. The zero-order chi connectivity index (χ0) is 21.7. The van der Waals surface area contributed by atoms with Crippen LogP contribution in [-0.4, -0.2) is 0 Å². The van der Waals surface area contributed by atoms with Crippen molar-refractivity contribution in [2.75, 3.05) is 0 Å². The highest BCUT2D eigenvalue weighted by molar-refractivity contribution is 5.42. The maximum atomic E-state index is 8.83. The Hall–Kier alpha value is -2.98. The molecule has 0 spiro atoms. The van der Waals surface area contributed by atoms with Crippen LogP contribution in [0.15, 0.2) is 48.5 Å². The second kappa shape index (κ2) is 7.03. The van der Waals surface area contributed by atoms with Crippen LogP contribution in [0.25, 0.3) is 0 Å². The van der Waals surface area contributed by atoms with Gasteiger partial charge in [-0.1, -0.05) is 38.1 Å². The standard InChI is InChI=1S/C27H28N2O2/c1-19(2)25-11-20-12-26(14-25,21-3-7-23(8-4-21)30-17-28)16-27(13-20,15-25)22-5-9-24(10-6-22)31-18-29/h3-10,19-20H,11-16H2,1-2H3. The van der Waals surface area contributed by atoms with Gasteiger partial charge in [0.15, 0.2) is 0 Å². The molecular weight excluding hydrogens is 384 g/mol. The second-order valence-electron chi connectivity index (χ2n) is 10.5. The molecule has 0 aliphatic heterocycles. The van der Waals surface area contributed by atoms with Gasteiger partial charge in [-0.2, -0.15) is 0 Å². The lowest BCUT2D eigenvalue weighted by molar-refractivity contribution is -0.113. The first-order chi connectivity index (χ1) is 14.9. The van der Waals surface area contributed by atoms with E-state index in [1.165, 1.54) is 43.2 Å². The van der Waals surface area contributed by atoms with Crippen LogP contribution >= 0.6 is 0 Å². The molecule has 0 aromatic heterocycles. The van der Waals surface area contributed by atoms with E-state index in [0.29, 0.717) is 22.8 Å². The first-order valence-electron chi connectivity index (χ1n) is 11.3. The molecule has 2 aromatic carbocycles. The first-order valence-corrected chi connectivity index (χ1v) is 11.3. The van der Waals surface area contributed by atoms with Crippen LogP contribution in [0.4, 0.5) is 0 Å². The van der Waals surface area contributed by atoms with Crippen molar-refractivity contribution in [3.05, 3.63) is 59.7 Å². The van der Waals surface area contributed by atoms with Gasteiger partial charge in [0, 0.05) is 0 Å². The van der Waals surface area contributed by atoms with Crippen molar-refractivity contribution in [2.24, 2.45) is 17.3 Å². The van der Waals surface area contributed by atoms with Crippen molar-refractivity contribution in [1.82, 2.24) is 0 Å². The summed E-state index contributed by atoms with van der Waals surface area (Å²) in [5.41, 5.74) is 3.46. The largest absolute Gasteiger partial charge is 0.388 e. The maximum absolute atomic E-state index is 8.83. The summed E-state index contributed by atoms with van der Waals surface area (Å²) in [5.74, 6) is 2.58. The highest BCUT2D eigenvalue weighted by atomic mass is 16.5. The summed E-state index contributed by atoms with van der Waals surface area (Å²) in [6.45, 7) is 4.81. The van der Waals surface area contributed by atoms with Crippen molar-refractivity contribution < 1.29 is 9.47 Å². The van der Waals surface area contributed by atoms with E-state index in [1.54, 1.807) is 12.5 Å². The molecular formula is C27H28N2O2. The van der Waals surface area contributed by atoms with Gasteiger partial charge in [0.2, 0.25) is 0 Å². The van der Waals surface area contributed by atoms with Gasteiger partial charge in [-0.3, -0.25) is 0 Å². The van der Waals surface area contributed by atoms with E-state index in [-0.39, 0.29) is 10.8 Å². The monoisotopic (exact) mass is 412 g/mol. The molecule has 4 nitrogen and oxygen atoms in total. The number of ether oxygens (including phenoxy) is 2. The second-order valence-corrected chi connectivity index (χ2v) is 10.5. The van der Waals surface area contributed by atoms with Crippen LogP contribution in [0.2, 0.25) is 0 Å². The van der Waals surface area contributed by atoms with Gasteiger partial charge in [0.05, 0.1) is 0 Å². The van der Waals surface area contributed by atoms with E-state index < -0.39 is 0 Å². The van der Waals surface area contributed by atoms with Crippen molar-refractivity contribution in [1.29, 1.82) is 10.5 Å². The van der Waals surface area contributed by atoms with Crippen LogP contribution in [0.1, 0.15) is 63.5 Å².